The second kappa shape index (κ2) is 20.7. The largest absolute Gasteiger partial charge is 0.374 e. The number of likely N-dealkylation sites (N-methyl/N-ethyl adjacent to an activating group) is 2. The summed E-state index contributed by atoms with van der Waals surface area (Å²) in [6.45, 7) is 15.1. The fraction of sp³-hybridized carbons (Fsp3) is 0.649. The maximum Gasteiger partial charge on any atom is 0.271 e. The Balaban J connectivity index is 2.30. The van der Waals surface area contributed by atoms with Gasteiger partial charge in [0.05, 0.1) is 11.3 Å². The average Bonchev–Trinajstić information content (AvgIpc) is 3.60. The summed E-state index contributed by atoms with van der Waals surface area (Å²) < 4.78 is 33.4. The van der Waals surface area contributed by atoms with Gasteiger partial charge in [0, 0.05) is 38.4 Å². The van der Waals surface area contributed by atoms with Gasteiger partial charge in [-0.3, -0.25) is 23.9 Å². The van der Waals surface area contributed by atoms with Gasteiger partial charge < -0.3 is 25.6 Å². The summed E-state index contributed by atoms with van der Waals surface area (Å²) in [6, 6.07) is 6.32. The van der Waals surface area contributed by atoms with E-state index < -0.39 is 51.3 Å². The standard InChI is InChI=1S/C37H60N6O7S2/c1-12-24(7)32(41-35(46)31(38-9)23(5)6)37(47)43(10)29(22(3)4)20-30(50-11)36-40-28(21-51-36)33(44)39-27(19-26-17-15-14-16-18-26)34(45)42-52(48,49)25(8)13-2/h14-18,21-25,27,29-32,38H,12-13,19-20H2,1-11H3,(H,39,44)(H,41,46)(H,42,45). The number of nitrogens with zero attached hydrogens (tertiary/aromatic N) is 2. The summed E-state index contributed by atoms with van der Waals surface area (Å²) in [7, 11) is 1.05. The molecule has 0 aliphatic rings. The third-order valence-corrected chi connectivity index (χ3v) is 12.5. The number of carbonyl (C=O) groups is 4. The number of benzene rings is 1. The molecule has 7 atom stereocenters. The number of rotatable bonds is 21. The minimum Gasteiger partial charge on any atom is -0.374 e. The molecular formula is C37H60N6O7S2. The van der Waals surface area contributed by atoms with E-state index in [0.29, 0.717) is 24.3 Å². The Morgan fingerprint density at radius 1 is 0.904 bits per heavy atom. The first kappa shape index (κ1) is 44.8. The van der Waals surface area contributed by atoms with E-state index >= 15 is 0 Å². The van der Waals surface area contributed by atoms with E-state index in [1.165, 1.54) is 25.4 Å². The molecule has 0 spiro atoms. The molecule has 1 aromatic carbocycles. The lowest BCUT2D eigenvalue weighted by molar-refractivity contribution is -0.140. The molecule has 0 aliphatic heterocycles. The van der Waals surface area contributed by atoms with Crippen molar-refractivity contribution >= 4 is 45.0 Å². The van der Waals surface area contributed by atoms with Crippen molar-refractivity contribution in [3.63, 3.8) is 0 Å². The molecular weight excluding hydrogens is 705 g/mol. The Morgan fingerprint density at radius 3 is 2.06 bits per heavy atom. The summed E-state index contributed by atoms with van der Waals surface area (Å²) in [4.78, 5) is 60.2. The van der Waals surface area contributed by atoms with Crippen LogP contribution in [0.2, 0.25) is 0 Å². The van der Waals surface area contributed by atoms with Crippen LogP contribution in [0, 0.1) is 17.8 Å². The maximum absolute atomic E-state index is 14.0. The van der Waals surface area contributed by atoms with Crippen molar-refractivity contribution in [1.82, 2.24) is 30.6 Å². The quantitative estimate of drug-likeness (QED) is 0.146. The molecule has 4 N–H and O–H groups in total. The zero-order valence-electron chi connectivity index (χ0n) is 32.6. The topological polar surface area (TPSA) is 176 Å². The van der Waals surface area contributed by atoms with Crippen molar-refractivity contribution in [2.75, 3.05) is 21.2 Å². The van der Waals surface area contributed by atoms with Crippen LogP contribution in [0.15, 0.2) is 35.7 Å². The van der Waals surface area contributed by atoms with Crippen LogP contribution >= 0.6 is 11.3 Å². The molecule has 13 nitrogen and oxygen atoms in total. The first-order chi connectivity index (χ1) is 24.4. The van der Waals surface area contributed by atoms with Crippen molar-refractivity contribution < 1.29 is 32.3 Å². The first-order valence-corrected chi connectivity index (χ1v) is 20.5. The highest BCUT2D eigenvalue weighted by Crippen LogP contribution is 2.30. The Morgan fingerprint density at radius 2 is 1.54 bits per heavy atom. The summed E-state index contributed by atoms with van der Waals surface area (Å²) in [5.74, 6) is -1.99. The molecule has 2 aromatic rings. The van der Waals surface area contributed by atoms with Gasteiger partial charge in [-0.2, -0.15) is 0 Å². The number of nitrogens with one attached hydrogen (secondary N) is 4. The van der Waals surface area contributed by atoms with Gasteiger partial charge in [-0.1, -0.05) is 85.2 Å². The molecule has 0 saturated carbocycles. The summed E-state index contributed by atoms with van der Waals surface area (Å²) in [5.41, 5.74) is 0.782. The molecule has 15 heteroatoms. The fourth-order valence-corrected chi connectivity index (χ4v) is 7.78. The second-order valence-electron chi connectivity index (χ2n) is 14.1. The van der Waals surface area contributed by atoms with Crippen LogP contribution in [-0.4, -0.2) is 92.6 Å². The molecule has 1 aromatic heterocycles. The van der Waals surface area contributed by atoms with Crippen LogP contribution in [0.1, 0.15) is 102 Å². The Labute approximate surface area is 314 Å². The molecule has 4 amide bonds. The van der Waals surface area contributed by atoms with Crippen molar-refractivity contribution in [1.29, 1.82) is 0 Å². The van der Waals surface area contributed by atoms with E-state index in [1.807, 2.05) is 47.6 Å². The maximum atomic E-state index is 14.0. The van der Waals surface area contributed by atoms with Crippen LogP contribution < -0.4 is 20.7 Å². The molecule has 52 heavy (non-hydrogen) atoms. The third-order valence-electron chi connectivity index (χ3n) is 9.67. The Hall–Kier alpha value is -3.40. The lowest BCUT2D eigenvalue weighted by atomic mass is 9.92. The van der Waals surface area contributed by atoms with E-state index in [4.69, 9.17) is 4.74 Å². The second-order valence-corrected chi connectivity index (χ2v) is 17.1. The third kappa shape index (κ3) is 12.3. The van der Waals surface area contributed by atoms with Gasteiger partial charge in [-0.25, -0.2) is 13.4 Å². The van der Waals surface area contributed by atoms with E-state index in [-0.39, 0.29) is 47.7 Å². The SMILES string of the molecule is CCC(C)C(NC(=O)C(NC)C(C)C)C(=O)N(C)C(CC(OC)c1nc(C(=O)NC(Cc2ccccc2)C(=O)NS(=O)(=O)C(C)CC)cs1)C(C)C. The molecule has 7 unspecified atom stereocenters. The number of thiazole rings is 1. The number of aromatic nitrogens is 1. The average molecular weight is 765 g/mol. The van der Waals surface area contributed by atoms with Crippen LogP contribution in [0.25, 0.3) is 0 Å². The van der Waals surface area contributed by atoms with Crippen molar-refractivity contribution in [3.05, 3.63) is 52.0 Å². The van der Waals surface area contributed by atoms with Crippen LogP contribution in [0.4, 0.5) is 0 Å². The molecule has 0 fully saturated rings. The highest BCUT2D eigenvalue weighted by molar-refractivity contribution is 7.90. The number of hydrogen-bond acceptors (Lipinski definition) is 10. The first-order valence-electron chi connectivity index (χ1n) is 18.0. The fourth-order valence-electron chi connectivity index (χ4n) is 5.83. The van der Waals surface area contributed by atoms with Crippen molar-refractivity contribution in [2.24, 2.45) is 17.8 Å². The van der Waals surface area contributed by atoms with E-state index in [9.17, 15) is 27.6 Å². The van der Waals surface area contributed by atoms with Gasteiger partial charge >= 0.3 is 0 Å². The molecule has 2 rings (SSSR count). The normalized spacial score (nSPS) is 15.9. The molecule has 0 aliphatic carbocycles. The molecule has 292 valence electrons. The number of methoxy groups -OCH3 is 1. The minimum atomic E-state index is -3.95. The molecule has 0 saturated heterocycles. The van der Waals surface area contributed by atoms with Gasteiger partial charge in [-0.05, 0) is 43.7 Å². The number of carbonyl (C=O) groups excluding carboxylic acids is 4. The predicted molar refractivity (Wildman–Crippen MR) is 205 cm³/mol. The highest BCUT2D eigenvalue weighted by atomic mass is 32.2. The zero-order chi connectivity index (χ0) is 39.3. The predicted octanol–water partition coefficient (Wildman–Crippen LogP) is 4.06. The Bertz CT molecular complexity index is 1570. The lowest BCUT2D eigenvalue weighted by Gasteiger charge is -2.37. The van der Waals surface area contributed by atoms with Crippen LogP contribution in [0.5, 0.6) is 0 Å². The monoisotopic (exact) mass is 764 g/mol. The van der Waals surface area contributed by atoms with E-state index in [2.05, 4.69) is 25.7 Å². The van der Waals surface area contributed by atoms with E-state index in [0.717, 1.165) is 5.56 Å². The van der Waals surface area contributed by atoms with Gasteiger partial charge in [0.15, 0.2) is 0 Å². The highest BCUT2D eigenvalue weighted by Gasteiger charge is 2.36. The van der Waals surface area contributed by atoms with Crippen molar-refractivity contribution in [3.8, 4) is 0 Å². The number of sulfonamides is 1. The number of amides is 4. The molecule has 0 bridgehead atoms. The summed E-state index contributed by atoms with van der Waals surface area (Å²) in [5, 5.41) is 10.0. The van der Waals surface area contributed by atoms with Crippen LogP contribution in [0.3, 0.4) is 0 Å². The number of hydrogen-bond donors (Lipinski definition) is 4. The van der Waals surface area contributed by atoms with Gasteiger partial charge in [0.2, 0.25) is 21.8 Å². The van der Waals surface area contributed by atoms with Gasteiger partial charge in [-0.15, -0.1) is 11.3 Å². The lowest BCUT2D eigenvalue weighted by Crippen LogP contribution is -2.57. The molecule has 1 heterocycles. The van der Waals surface area contributed by atoms with Gasteiger partial charge in [0.25, 0.3) is 11.8 Å². The van der Waals surface area contributed by atoms with Crippen LogP contribution in [-0.2, 0) is 35.6 Å². The zero-order valence-corrected chi connectivity index (χ0v) is 34.2. The summed E-state index contributed by atoms with van der Waals surface area (Å²) >= 11 is 1.21. The summed E-state index contributed by atoms with van der Waals surface area (Å²) in [6.07, 6.45) is 0.851. The van der Waals surface area contributed by atoms with Gasteiger partial charge in [0.1, 0.15) is 28.9 Å². The molecule has 0 radical (unpaired) electrons. The smallest absolute Gasteiger partial charge is 0.271 e. The van der Waals surface area contributed by atoms with Crippen molar-refractivity contribution in [2.45, 2.75) is 117 Å². The number of ether oxygens (including phenoxy) is 1. The Kier molecular flexibility index (Phi) is 17.9. The minimum absolute atomic E-state index is 0.00676. The van der Waals surface area contributed by atoms with E-state index in [1.54, 1.807) is 55.6 Å².